The monoisotopic (exact) mass is 525 g/mol. The lowest BCUT2D eigenvalue weighted by molar-refractivity contribution is -0.623. The van der Waals surface area contributed by atoms with Crippen LogP contribution in [0.25, 0.3) is 0 Å². The number of imide groups is 1. The molecule has 2 spiro atoms. The van der Waals surface area contributed by atoms with Crippen molar-refractivity contribution in [1.29, 1.82) is 0 Å². The summed E-state index contributed by atoms with van der Waals surface area (Å²) in [5, 5.41) is 32.0. The first-order chi connectivity index (χ1) is 18.1. The van der Waals surface area contributed by atoms with E-state index in [1.165, 1.54) is 4.58 Å². The highest BCUT2D eigenvalue weighted by molar-refractivity contribution is 6.02. The van der Waals surface area contributed by atoms with Gasteiger partial charge in [-0.2, -0.15) is 0 Å². The van der Waals surface area contributed by atoms with E-state index in [1.54, 1.807) is 12.1 Å². The van der Waals surface area contributed by atoms with E-state index in [-0.39, 0.29) is 55.1 Å². The molecule has 0 aromatic heterocycles. The number of amides is 3. The minimum atomic E-state index is -2.61. The molecular weight excluding hydrogens is 496 g/mol. The summed E-state index contributed by atoms with van der Waals surface area (Å²) in [4.78, 5) is 43.5. The number of likely N-dealkylation sites (tertiary alicyclic amines) is 1. The molecule has 14 nitrogen and oxygen atoms in total. The van der Waals surface area contributed by atoms with E-state index in [2.05, 4.69) is 20.9 Å². The van der Waals surface area contributed by atoms with E-state index in [4.69, 9.17) is 16.2 Å². The summed E-state index contributed by atoms with van der Waals surface area (Å²) >= 11 is 0. The Kier molecular flexibility index (Phi) is 4.49. The smallest absolute Gasteiger partial charge is 0.346 e. The Morgan fingerprint density at radius 2 is 1.97 bits per heavy atom. The van der Waals surface area contributed by atoms with Crippen LogP contribution in [-0.2, 0) is 15.0 Å². The predicted molar refractivity (Wildman–Crippen MR) is 130 cm³/mol. The molecule has 1 saturated carbocycles. The van der Waals surface area contributed by atoms with Crippen LogP contribution in [-0.4, -0.2) is 98.6 Å². The number of nitrogens with zero attached hydrogens (tertiary/aromatic N) is 3. The van der Waals surface area contributed by atoms with Gasteiger partial charge in [0, 0.05) is 23.8 Å². The summed E-state index contributed by atoms with van der Waals surface area (Å²) < 4.78 is 7.37. The average molecular weight is 526 g/mol. The molecule has 1 aromatic carbocycles. The number of aliphatic hydroxyl groups is 2. The van der Waals surface area contributed by atoms with Gasteiger partial charge in [-0.3, -0.25) is 30.3 Å². The van der Waals surface area contributed by atoms with Crippen molar-refractivity contribution in [2.45, 2.75) is 60.7 Å². The Hall–Kier alpha value is -3.91. The van der Waals surface area contributed by atoms with E-state index < -0.39 is 35.5 Å². The highest BCUT2D eigenvalue weighted by atomic mass is 16.5. The van der Waals surface area contributed by atoms with Crippen molar-refractivity contribution >= 4 is 29.6 Å². The number of carbonyl (C=O) groups is 3. The number of nitrogens with two attached hydrogens (primary N) is 2. The first kappa shape index (κ1) is 23.2. The van der Waals surface area contributed by atoms with Crippen molar-refractivity contribution in [3.8, 4) is 5.75 Å². The molecule has 0 bridgehead atoms. The van der Waals surface area contributed by atoms with E-state index in [9.17, 15) is 24.6 Å². The summed E-state index contributed by atoms with van der Waals surface area (Å²) in [6.07, 6.45) is 2.24. The molecule has 3 amide bonds. The Bertz CT molecular complexity index is 1350. The van der Waals surface area contributed by atoms with Gasteiger partial charge < -0.3 is 31.3 Å². The fourth-order valence-corrected chi connectivity index (χ4v) is 6.71. The number of carbonyl (C=O) groups excluding carboxylic acids is 3. The predicted octanol–water partition coefficient (Wildman–Crippen LogP) is -3.67. The summed E-state index contributed by atoms with van der Waals surface area (Å²) in [5.41, 5.74) is 11.9. The lowest BCUT2D eigenvalue weighted by Gasteiger charge is -2.44. The van der Waals surface area contributed by atoms with Gasteiger partial charge in [0.25, 0.3) is 5.91 Å². The number of fused-ring (bicyclic) bond motifs is 2. The third-order valence-electron chi connectivity index (χ3n) is 8.88. The quantitative estimate of drug-likeness (QED) is 0.116. The van der Waals surface area contributed by atoms with Gasteiger partial charge in [-0.1, -0.05) is 12.1 Å². The number of para-hydroxylation sites is 1. The van der Waals surface area contributed by atoms with Gasteiger partial charge in [0.2, 0.25) is 23.3 Å². The molecule has 14 heteroatoms. The van der Waals surface area contributed by atoms with Crippen molar-refractivity contribution in [2.24, 2.45) is 16.5 Å². The van der Waals surface area contributed by atoms with Crippen LogP contribution in [0.1, 0.15) is 41.6 Å². The summed E-state index contributed by atoms with van der Waals surface area (Å²) in [5.74, 6) is -3.26. The molecule has 0 radical (unpaired) electrons. The maximum atomic E-state index is 13.4. The van der Waals surface area contributed by atoms with Gasteiger partial charge in [-0.15, -0.1) is 0 Å². The molecule has 38 heavy (non-hydrogen) atoms. The SMILES string of the molecule is NC1=N[C@H]2[C@H](CN3C(=O)CCC3=O)NC(N)=[N+]3CC(NC(=O)c4cccc5c4OCC54CC4)C(O)(O)[C@]23N1. The van der Waals surface area contributed by atoms with E-state index >= 15 is 0 Å². The number of nitrogens with one attached hydrogen (secondary N) is 3. The van der Waals surface area contributed by atoms with Crippen LogP contribution < -0.4 is 32.2 Å². The van der Waals surface area contributed by atoms with E-state index in [1.807, 2.05) is 6.07 Å². The van der Waals surface area contributed by atoms with Crippen LogP contribution in [0.5, 0.6) is 5.75 Å². The topological polar surface area (TPSA) is 208 Å². The third-order valence-corrected chi connectivity index (χ3v) is 8.88. The van der Waals surface area contributed by atoms with Gasteiger partial charge in [0.05, 0.1) is 25.3 Å². The van der Waals surface area contributed by atoms with Gasteiger partial charge >= 0.3 is 5.96 Å². The molecule has 5 heterocycles. The second kappa shape index (κ2) is 7.35. The lowest BCUT2D eigenvalue weighted by atomic mass is 9.85. The zero-order valence-corrected chi connectivity index (χ0v) is 20.4. The zero-order chi connectivity index (χ0) is 26.6. The highest BCUT2D eigenvalue weighted by Crippen LogP contribution is 2.56. The number of hydrogen-bond acceptors (Lipinski definition) is 11. The lowest BCUT2D eigenvalue weighted by Crippen LogP contribution is -2.79. The van der Waals surface area contributed by atoms with Crippen molar-refractivity contribution < 1.29 is 33.9 Å². The fourth-order valence-electron chi connectivity index (χ4n) is 6.71. The molecule has 2 saturated heterocycles. The second-order valence-electron chi connectivity index (χ2n) is 11.0. The van der Waals surface area contributed by atoms with Crippen LogP contribution in [0.15, 0.2) is 23.2 Å². The maximum absolute atomic E-state index is 13.4. The van der Waals surface area contributed by atoms with Gasteiger partial charge in [-0.05, 0) is 18.9 Å². The summed E-state index contributed by atoms with van der Waals surface area (Å²) in [7, 11) is 0. The van der Waals surface area contributed by atoms with Crippen LogP contribution in [0.2, 0.25) is 0 Å². The van der Waals surface area contributed by atoms with Crippen LogP contribution in [0, 0.1) is 0 Å². The van der Waals surface area contributed by atoms with E-state index in [0.29, 0.717) is 17.9 Å². The van der Waals surface area contributed by atoms with Crippen molar-refractivity contribution in [1.82, 2.24) is 20.9 Å². The summed E-state index contributed by atoms with van der Waals surface area (Å²) in [6.45, 7) is 0.358. The molecule has 1 unspecified atom stereocenters. The normalized spacial score (nSPS) is 33.3. The molecule has 1 aliphatic carbocycles. The second-order valence-corrected chi connectivity index (χ2v) is 11.0. The van der Waals surface area contributed by atoms with Crippen molar-refractivity contribution in [3.05, 3.63) is 29.3 Å². The molecule has 7 rings (SSSR count). The molecular formula is C24H29N8O6+. The highest BCUT2D eigenvalue weighted by Gasteiger charge is 2.75. The van der Waals surface area contributed by atoms with Crippen molar-refractivity contribution in [3.63, 3.8) is 0 Å². The molecule has 4 atom stereocenters. The van der Waals surface area contributed by atoms with Crippen LogP contribution in [0.4, 0.5) is 0 Å². The van der Waals surface area contributed by atoms with Gasteiger partial charge in [0.15, 0.2) is 5.96 Å². The standard InChI is InChI=1S/C24H28N8O6/c25-20-29-18-13(8-31-15(33)4-5-16(31)34)27-21(26)32-9-14(24(36,37)23(18,32)30-20)28-19(35)11-2-1-3-12-17(11)38-10-22(12)6-7-22/h1-3,13-14,18,36-37H,4-10H2,(H6,25,26,27,28,29,30,35)/p+1/t13-,14?,18-,23-/m0/s1. The molecule has 3 fully saturated rings. The third kappa shape index (κ3) is 2.86. The van der Waals surface area contributed by atoms with Gasteiger partial charge in [0.1, 0.15) is 23.9 Å². The molecule has 6 aliphatic rings. The molecule has 9 N–H and O–H groups in total. The van der Waals surface area contributed by atoms with Gasteiger partial charge in [-0.25, -0.2) is 9.57 Å². The average Bonchev–Trinajstić information content (AvgIpc) is 3.18. The Labute approximate surface area is 216 Å². The molecule has 5 aliphatic heterocycles. The van der Waals surface area contributed by atoms with E-state index in [0.717, 1.165) is 23.3 Å². The molecule has 1 aromatic rings. The number of aliphatic imine (C=N–C) groups is 1. The Balaban J connectivity index is 1.20. The molecule has 200 valence electrons. The number of ether oxygens (including phenoxy) is 1. The minimum Gasteiger partial charge on any atom is -0.492 e. The largest absolute Gasteiger partial charge is 0.492 e. The number of hydrogen-bond donors (Lipinski definition) is 7. The Morgan fingerprint density at radius 3 is 2.68 bits per heavy atom. The number of benzene rings is 1. The summed E-state index contributed by atoms with van der Waals surface area (Å²) in [6, 6.07) is 2.47. The van der Waals surface area contributed by atoms with Crippen LogP contribution in [0.3, 0.4) is 0 Å². The first-order valence-electron chi connectivity index (χ1n) is 12.7. The number of rotatable bonds is 4. The fraction of sp³-hybridized carbons (Fsp3) is 0.542. The zero-order valence-electron chi connectivity index (χ0n) is 20.4. The maximum Gasteiger partial charge on any atom is 0.346 e. The first-order valence-corrected chi connectivity index (χ1v) is 12.7. The number of guanidine groups is 2. The minimum absolute atomic E-state index is 0.0195. The van der Waals surface area contributed by atoms with Crippen LogP contribution >= 0.6 is 0 Å². The van der Waals surface area contributed by atoms with Crippen molar-refractivity contribution in [2.75, 3.05) is 19.7 Å². The Morgan fingerprint density at radius 1 is 1.24 bits per heavy atom.